The van der Waals surface area contributed by atoms with E-state index in [0.29, 0.717) is 12.2 Å². The molecule has 17 heavy (non-hydrogen) atoms. The molecule has 90 valence electrons. The van der Waals surface area contributed by atoms with E-state index in [9.17, 15) is 9.18 Å². The molecular weight excluding hydrogens is 219 g/mol. The molecule has 3 rings (SSSR count). The van der Waals surface area contributed by atoms with E-state index in [4.69, 9.17) is 0 Å². The lowest BCUT2D eigenvalue weighted by atomic mass is 9.86. The zero-order valence-electron chi connectivity index (χ0n) is 9.58. The van der Waals surface area contributed by atoms with Crippen molar-refractivity contribution in [2.45, 2.75) is 12.8 Å². The summed E-state index contributed by atoms with van der Waals surface area (Å²) >= 11 is 0. The van der Waals surface area contributed by atoms with Gasteiger partial charge in [-0.15, -0.1) is 0 Å². The molecule has 4 heteroatoms. The Morgan fingerprint density at radius 1 is 1.35 bits per heavy atom. The predicted octanol–water partition coefficient (Wildman–Crippen LogP) is 1.54. The molecule has 0 aromatic heterocycles. The first-order chi connectivity index (χ1) is 8.21. The van der Waals surface area contributed by atoms with Crippen LogP contribution in [0.2, 0.25) is 0 Å². The largest absolute Gasteiger partial charge is 0.316 e. The first-order valence-corrected chi connectivity index (χ1v) is 6.00. The van der Waals surface area contributed by atoms with Crippen molar-refractivity contribution in [1.29, 1.82) is 0 Å². The van der Waals surface area contributed by atoms with E-state index in [2.05, 4.69) is 5.32 Å². The van der Waals surface area contributed by atoms with E-state index in [1.165, 1.54) is 12.1 Å². The van der Waals surface area contributed by atoms with Gasteiger partial charge in [0.05, 0.1) is 5.41 Å². The molecule has 0 bridgehead atoms. The van der Waals surface area contributed by atoms with Crippen LogP contribution in [0.4, 0.5) is 10.1 Å². The van der Waals surface area contributed by atoms with Crippen LogP contribution in [0.5, 0.6) is 0 Å². The van der Waals surface area contributed by atoms with Crippen LogP contribution < -0.4 is 10.2 Å². The van der Waals surface area contributed by atoms with Crippen molar-refractivity contribution in [2.75, 3.05) is 24.5 Å². The summed E-state index contributed by atoms with van der Waals surface area (Å²) in [6.45, 7) is 2.37. The normalized spacial score (nSPS) is 28.3. The highest BCUT2D eigenvalue weighted by atomic mass is 19.1. The molecule has 1 aromatic rings. The Morgan fingerprint density at radius 2 is 2.24 bits per heavy atom. The van der Waals surface area contributed by atoms with E-state index in [1.54, 1.807) is 17.0 Å². The molecule has 1 N–H and O–H groups in total. The quantitative estimate of drug-likeness (QED) is 0.799. The van der Waals surface area contributed by atoms with Gasteiger partial charge in [-0.1, -0.05) is 6.07 Å². The van der Waals surface area contributed by atoms with Crippen LogP contribution >= 0.6 is 0 Å². The van der Waals surface area contributed by atoms with Crippen molar-refractivity contribution in [3.8, 4) is 0 Å². The number of carbonyl (C=O) groups excluding carboxylic acids is 1. The summed E-state index contributed by atoms with van der Waals surface area (Å²) in [7, 11) is 0. The van der Waals surface area contributed by atoms with Crippen molar-refractivity contribution in [1.82, 2.24) is 5.32 Å². The van der Waals surface area contributed by atoms with Crippen LogP contribution in [-0.2, 0) is 4.79 Å². The molecule has 1 spiro atoms. The van der Waals surface area contributed by atoms with Gasteiger partial charge in [-0.3, -0.25) is 4.79 Å². The van der Waals surface area contributed by atoms with Gasteiger partial charge in [0.15, 0.2) is 0 Å². The number of rotatable bonds is 1. The fraction of sp³-hybridized carbons (Fsp3) is 0.462. The number of amides is 1. The van der Waals surface area contributed by atoms with E-state index in [-0.39, 0.29) is 17.1 Å². The molecule has 2 aliphatic rings. The van der Waals surface area contributed by atoms with Crippen LogP contribution in [-0.4, -0.2) is 25.5 Å². The zero-order chi connectivity index (χ0) is 11.9. The number of anilines is 1. The zero-order valence-corrected chi connectivity index (χ0v) is 9.58. The highest BCUT2D eigenvalue weighted by molar-refractivity contribution is 6.00. The Bertz CT molecular complexity index is 454. The molecule has 1 aromatic carbocycles. The van der Waals surface area contributed by atoms with Crippen LogP contribution in [0.3, 0.4) is 0 Å². The fourth-order valence-electron chi connectivity index (χ4n) is 2.85. The molecular formula is C13H15FN2O. The molecule has 0 saturated carbocycles. The summed E-state index contributed by atoms with van der Waals surface area (Å²) < 4.78 is 13.2. The van der Waals surface area contributed by atoms with E-state index < -0.39 is 0 Å². The molecule has 0 aliphatic carbocycles. The van der Waals surface area contributed by atoms with Crippen molar-refractivity contribution >= 4 is 11.6 Å². The van der Waals surface area contributed by atoms with Gasteiger partial charge in [0.1, 0.15) is 5.82 Å². The second-order valence-corrected chi connectivity index (χ2v) is 4.89. The molecule has 3 nitrogen and oxygen atoms in total. The lowest BCUT2D eigenvalue weighted by Gasteiger charge is -2.21. The van der Waals surface area contributed by atoms with Gasteiger partial charge in [-0.2, -0.15) is 0 Å². The van der Waals surface area contributed by atoms with Crippen molar-refractivity contribution in [3.63, 3.8) is 0 Å². The minimum absolute atomic E-state index is 0.146. The number of hydrogen-bond acceptors (Lipinski definition) is 2. The third-order valence-electron chi connectivity index (χ3n) is 3.88. The standard InChI is InChI=1S/C13H15FN2O/c14-10-2-1-3-11(8-10)16-7-5-13(12(16)17)4-6-15-9-13/h1-3,8,15H,4-7,9H2. The first kappa shape index (κ1) is 10.7. The summed E-state index contributed by atoms with van der Waals surface area (Å²) in [5.74, 6) is -0.145. The Morgan fingerprint density at radius 3 is 2.94 bits per heavy atom. The Labute approximate surface area is 99.6 Å². The molecule has 1 atom stereocenters. The third kappa shape index (κ3) is 1.63. The molecule has 2 fully saturated rings. The smallest absolute Gasteiger partial charge is 0.234 e. The lowest BCUT2D eigenvalue weighted by molar-refractivity contribution is -0.124. The highest BCUT2D eigenvalue weighted by Crippen LogP contribution is 2.39. The number of hydrogen-bond donors (Lipinski definition) is 1. The Kier molecular flexibility index (Phi) is 2.40. The van der Waals surface area contributed by atoms with Crippen LogP contribution in [0.15, 0.2) is 24.3 Å². The van der Waals surface area contributed by atoms with Crippen LogP contribution in [0.25, 0.3) is 0 Å². The summed E-state index contributed by atoms with van der Waals surface area (Å²) in [5.41, 5.74) is 0.450. The molecule has 2 saturated heterocycles. The van der Waals surface area contributed by atoms with Crippen LogP contribution in [0, 0.1) is 11.2 Å². The Hall–Kier alpha value is -1.42. The number of carbonyl (C=O) groups is 1. The SMILES string of the molecule is O=C1N(c2cccc(F)c2)CCC12CCNC2. The second-order valence-electron chi connectivity index (χ2n) is 4.89. The topological polar surface area (TPSA) is 32.3 Å². The third-order valence-corrected chi connectivity index (χ3v) is 3.88. The molecule has 2 aliphatic heterocycles. The summed E-state index contributed by atoms with van der Waals surface area (Å²) in [4.78, 5) is 14.1. The predicted molar refractivity (Wildman–Crippen MR) is 63.3 cm³/mol. The first-order valence-electron chi connectivity index (χ1n) is 6.00. The maximum absolute atomic E-state index is 13.2. The highest BCUT2D eigenvalue weighted by Gasteiger charge is 2.48. The van der Waals surface area contributed by atoms with Crippen molar-refractivity contribution in [2.24, 2.45) is 5.41 Å². The van der Waals surface area contributed by atoms with Gasteiger partial charge in [0.25, 0.3) is 0 Å². The summed E-state index contributed by atoms with van der Waals surface area (Å²) in [6, 6.07) is 6.27. The average Bonchev–Trinajstić information content (AvgIpc) is 2.90. The molecule has 1 amide bonds. The molecule has 1 unspecified atom stereocenters. The summed E-state index contributed by atoms with van der Waals surface area (Å²) in [6.07, 6.45) is 1.77. The van der Waals surface area contributed by atoms with E-state index in [0.717, 1.165) is 25.9 Å². The summed E-state index contributed by atoms with van der Waals surface area (Å²) in [5, 5.41) is 3.25. The second kappa shape index (κ2) is 3.81. The monoisotopic (exact) mass is 234 g/mol. The van der Waals surface area contributed by atoms with E-state index >= 15 is 0 Å². The van der Waals surface area contributed by atoms with Crippen molar-refractivity contribution < 1.29 is 9.18 Å². The van der Waals surface area contributed by atoms with Gasteiger partial charge in [0, 0.05) is 18.8 Å². The molecule has 0 radical (unpaired) electrons. The molecule has 2 heterocycles. The fourth-order valence-corrected chi connectivity index (χ4v) is 2.85. The van der Waals surface area contributed by atoms with Gasteiger partial charge in [-0.05, 0) is 37.6 Å². The number of nitrogens with zero attached hydrogens (tertiary/aromatic N) is 1. The van der Waals surface area contributed by atoms with Gasteiger partial charge in [0.2, 0.25) is 5.91 Å². The Balaban J connectivity index is 1.89. The minimum atomic E-state index is -0.291. The van der Waals surface area contributed by atoms with E-state index in [1.807, 2.05) is 0 Å². The van der Waals surface area contributed by atoms with Gasteiger partial charge in [-0.25, -0.2) is 4.39 Å². The average molecular weight is 234 g/mol. The maximum Gasteiger partial charge on any atom is 0.234 e. The van der Waals surface area contributed by atoms with Gasteiger partial charge >= 0.3 is 0 Å². The maximum atomic E-state index is 13.2. The van der Waals surface area contributed by atoms with Crippen molar-refractivity contribution in [3.05, 3.63) is 30.1 Å². The number of halogens is 1. The number of nitrogens with one attached hydrogen (secondary N) is 1. The minimum Gasteiger partial charge on any atom is -0.316 e. The lowest BCUT2D eigenvalue weighted by Crippen LogP contribution is -2.36. The van der Waals surface area contributed by atoms with Gasteiger partial charge < -0.3 is 10.2 Å². The van der Waals surface area contributed by atoms with Crippen LogP contribution in [0.1, 0.15) is 12.8 Å². The number of benzene rings is 1.